The van der Waals surface area contributed by atoms with Crippen molar-refractivity contribution in [3.8, 4) is 0 Å². The van der Waals surface area contributed by atoms with Gasteiger partial charge < -0.3 is 10.0 Å². The van der Waals surface area contributed by atoms with E-state index >= 15 is 0 Å². The zero-order chi connectivity index (χ0) is 12.6. The third-order valence-corrected chi connectivity index (χ3v) is 3.80. The lowest BCUT2D eigenvalue weighted by Gasteiger charge is -2.38. The summed E-state index contributed by atoms with van der Waals surface area (Å²) in [6.45, 7) is 1.74. The highest BCUT2D eigenvalue weighted by Gasteiger charge is 2.35. The fourth-order valence-electron chi connectivity index (χ4n) is 2.95. The van der Waals surface area contributed by atoms with Gasteiger partial charge in [-0.2, -0.15) is 0 Å². The number of aromatic nitrogens is 1. The second-order valence-corrected chi connectivity index (χ2v) is 5.25. The number of piperidine rings is 1. The quantitative estimate of drug-likeness (QED) is 0.832. The van der Waals surface area contributed by atoms with E-state index in [0.717, 1.165) is 35.9 Å². The first-order valence-corrected chi connectivity index (χ1v) is 6.44. The van der Waals surface area contributed by atoms with Crippen LogP contribution in [0.5, 0.6) is 0 Å². The number of likely N-dealkylation sites (N-methyl/N-ethyl adjacent to an activating group) is 1. The van der Waals surface area contributed by atoms with Crippen LogP contribution in [-0.4, -0.2) is 35.1 Å². The molecule has 0 bridgehead atoms. The van der Waals surface area contributed by atoms with Crippen LogP contribution < -0.4 is 0 Å². The zero-order valence-electron chi connectivity index (χ0n) is 10.6. The molecule has 1 aliphatic rings. The summed E-state index contributed by atoms with van der Waals surface area (Å²) in [5, 5.41) is 12.0. The Morgan fingerprint density at radius 3 is 2.94 bits per heavy atom. The standard InChI is InChI=1S/C15H18N2O/c1-17-10-4-8-15(18,11-17)13-7-2-5-12-6-3-9-16-14(12)13/h2-3,5-7,9,18H,4,8,10-11H2,1H3. The minimum atomic E-state index is -0.763. The molecule has 1 aliphatic heterocycles. The highest BCUT2D eigenvalue weighted by Crippen LogP contribution is 2.34. The van der Waals surface area contributed by atoms with Crippen LogP contribution in [0.4, 0.5) is 0 Å². The summed E-state index contributed by atoms with van der Waals surface area (Å²) in [7, 11) is 2.06. The molecule has 1 fully saturated rings. The van der Waals surface area contributed by atoms with E-state index in [1.54, 1.807) is 6.20 Å². The first-order chi connectivity index (χ1) is 8.69. The first kappa shape index (κ1) is 11.6. The number of hydrogen-bond donors (Lipinski definition) is 1. The lowest BCUT2D eigenvalue weighted by atomic mass is 9.84. The van der Waals surface area contributed by atoms with Crippen LogP contribution >= 0.6 is 0 Å². The number of benzene rings is 1. The predicted molar refractivity (Wildman–Crippen MR) is 72.4 cm³/mol. The summed E-state index contributed by atoms with van der Waals surface area (Å²) in [5.41, 5.74) is 1.13. The van der Waals surface area contributed by atoms with Crippen molar-refractivity contribution < 1.29 is 5.11 Å². The molecule has 2 aromatic rings. The van der Waals surface area contributed by atoms with E-state index in [4.69, 9.17) is 0 Å². The Balaban J connectivity index is 2.13. The van der Waals surface area contributed by atoms with E-state index in [-0.39, 0.29) is 0 Å². The van der Waals surface area contributed by atoms with Crippen molar-refractivity contribution in [3.63, 3.8) is 0 Å². The van der Waals surface area contributed by atoms with Gasteiger partial charge in [-0.1, -0.05) is 24.3 Å². The van der Waals surface area contributed by atoms with Gasteiger partial charge in [0.15, 0.2) is 0 Å². The second kappa shape index (κ2) is 4.34. The van der Waals surface area contributed by atoms with E-state index in [9.17, 15) is 5.11 Å². The maximum Gasteiger partial charge on any atom is 0.104 e. The van der Waals surface area contributed by atoms with Crippen LogP contribution in [0, 0.1) is 0 Å². The average molecular weight is 242 g/mol. The number of likely N-dealkylation sites (tertiary alicyclic amines) is 1. The van der Waals surface area contributed by atoms with Crippen molar-refractivity contribution in [2.45, 2.75) is 18.4 Å². The minimum absolute atomic E-state index is 0.683. The van der Waals surface area contributed by atoms with Crippen LogP contribution in [0.3, 0.4) is 0 Å². The normalized spacial score (nSPS) is 25.4. The summed E-state index contributed by atoms with van der Waals surface area (Å²) in [4.78, 5) is 6.63. The number of aliphatic hydroxyl groups is 1. The fourth-order valence-corrected chi connectivity index (χ4v) is 2.95. The molecule has 0 amide bonds. The van der Waals surface area contributed by atoms with Gasteiger partial charge in [-0.05, 0) is 32.5 Å². The largest absolute Gasteiger partial charge is 0.384 e. The molecule has 1 unspecified atom stereocenters. The molecule has 0 saturated carbocycles. The predicted octanol–water partition coefficient (Wildman–Crippen LogP) is 2.15. The average Bonchev–Trinajstić information content (AvgIpc) is 2.38. The maximum absolute atomic E-state index is 10.9. The van der Waals surface area contributed by atoms with E-state index in [1.165, 1.54) is 0 Å². The van der Waals surface area contributed by atoms with Gasteiger partial charge in [-0.3, -0.25) is 4.98 Å². The Morgan fingerprint density at radius 2 is 2.11 bits per heavy atom. The summed E-state index contributed by atoms with van der Waals surface area (Å²) in [6.07, 6.45) is 3.63. The molecular formula is C15H18N2O. The molecule has 3 rings (SSSR count). The smallest absolute Gasteiger partial charge is 0.104 e. The third kappa shape index (κ3) is 1.89. The van der Waals surface area contributed by atoms with Gasteiger partial charge in [0.2, 0.25) is 0 Å². The summed E-state index contributed by atoms with van der Waals surface area (Å²) >= 11 is 0. The van der Waals surface area contributed by atoms with Gasteiger partial charge >= 0.3 is 0 Å². The molecule has 94 valence electrons. The van der Waals surface area contributed by atoms with Crippen LogP contribution in [0.1, 0.15) is 18.4 Å². The van der Waals surface area contributed by atoms with E-state index < -0.39 is 5.60 Å². The monoisotopic (exact) mass is 242 g/mol. The Labute approximate surface area is 107 Å². The molecule has 1 aromatic carbocycles. The number of rotatable bonds is 1. The van der Waals surface area contributed by atoms with Crippen LogP contribution in [0.15, 0.2) is 36.5 Å². The molecular weight excluding hydrogens is 224 g/mol. The molecule has 1 saturated heterocycles. The molecule has 0 radical (unpaired) electrons. The van der Waals surface area contributed by atoms with Gasteiger partial charge in [0.05, 0.1) is 5.52 Å². The molecule has 1 aromatic heterocycles. The van der Waals surface area contributed by atoms with E-state index in [0.29, 0.717) is 6.54 Å². The number of para-hydroxylation sites is 1. The molecule has 3 nitrogen and oxygen atoms in total. The summed E-state index contributed by atoms with van der Waals surface area (Å²) in [5.74, 6) is 0. The van der Waals surface area contributed by atoms with Crippen molar-refractivity contribution in [2.75, 3.05) is 20.1 Å². The number of pyridine rings is 1. The lowest BCUT2D eigenvalue weighted by Crippen LogP contribution is -2.44. The molecule has 1 atom stereocenters. The van der Waals surface area contributed by atoms with Crippen LogP contribution in [-0.2, 0) is 5.60 Å². The fraction of sp³-hybridized carbons (Fsp3) is 0.400. The second-order valence-electron chi connectivity index (χ2n) is 5.25. The van der Waals surface area contributed by atoms with Crippen LogP contribution in [0.25, 0.3) is 10.9 Å². The van der Waals surface area contributed by atoms with Crippen molar-refractivity contribution in [2.24, 2.45) is 0 Å². The molecule has 1 N–H and O–H groups in total. The van der Waals surface area contributed by atoms with Crippen molar-refractivity contribution in [1.82, 2.24) is 9.88 Å². The SMILES string of the molecule is CN1CCCC(O)(c2cccc3cccnc23)C1. The highest BCUT2D eigenvalue weighted by molar-refractivity contribution is 5.82. The van der Waals surface area contributed by atoms with Crippen molar-refractivity contribution >= 4 is 10.9 Å². The maximum atomic E-state index is 10.9. The molecule has 2 heterocycles. The van der Waals surface area contributed by atoms with E-state index in [2.05, 4.69) is 16.9 Å². The molecule has 0 aliphatic carbocycles. The van der Waals surface area contributed by atoms with Gasteiger partial charge in [-0.25, -0.2) is 0 Å². The molecule has 0 spiro atoms. The van der Waals surface area contributed by atoms with Gasteiger partial charge in [0.25, 0.3) is 0 Å². The van der Waals surface area contributed by atoms with Crippen molar-refractivity contribution in [1.29, 1.82) is 0 Å². The zero-order valence-corrected chi connectivity index (χ0v) is 10.6. The lowest BCUT2D eigenvalue weighted by molar-refractivity contribution is -0.0267. The minimum Gasteiger partial charge on any atom is -0.384 e. The Bertz CT molecular complexity index is 564. The van der Waals surface area contributed by atoms with E-state index in [1.807, 2.05) is 30.3 Å². The Hall–Kier alpha value is -1.45. The summed E-state index contributed by atoms with van der Waals surface area (Å²) in [6, 6.07) is 10.0. The van der Waals surface area contributed by atoms with Gasteiger partial charge in [0.1, 0.15) is 5.60 Å². The third-order valence-electron chi connectivity index (χ3n) is 3.80. The Kier molecular flexibility index (Phi) is 2.80. The number of hydrogen-bond acceptors (Lipinski definition) is 3. The first-order valence-electron chi connectivity index (χ1n) is 6.44. The molecule has 18 heavy (non-hydrogen) atoms. The van der Waals surface area contributed by atoms with Crippen molar-refractivity contribution in [3.05, 3.63) is 42.1 Å². The topological polar surface area (TPSA) is 36.4 Å². The molecule has 3 heteroatoms. The summed E-state index contributed by atoms with van der Waals surface area (Å²) < 4.78 is 0. The van der Waals surface area contributed by atoms with Crippen LogP contribution in [0.2, 0.25) is 0 Å². The van der Waals surface area contributed by atoms with Gasteiger partial charge in [0, 0.05) is 23.7 Å². The number of fused-ring (bicyclic) bond motifs is 1. The highest BCUT2D eigenvalue weighted by atomic mass is 16.3. The number of β-amino-alcohol motifs (C(OH)–C–C–N with tert-alkyl or cyclic N) is 1. The van der Waals surface area contributed by atoms with Gasteiger partial charge in [-0.15, -0.1) is 0 Å². The Morgan fingerprint density at radius 1 is 1.28 bits per heavy atom. The number of nitrogens with zero attached hydrogens (tertiary/aromatic N) is 2.